The number of hydrogen-bond acceptors (Lipinski definition) is 5. The van der Waals surface area contributed by atoms with Gasteiger partial charge in [-0.25, -0.2) is 9.97 Å². The summed E-state index contributed by atoms with van der Waals surface area (Å²) in [4.78, 5) is 23.1. The normalized spacial score (nSPS) is 10.6. The Bertz CT molecular complexity index is 726. The van der Waals surface area contributed by atoms with Gasteiger partial charge in [-0.3, -0.25) is 10.2 Å². The number of amidine groups is 1. The molecule has 0 amide bonds. The number of nitrogens with zero attached hydrogens (tertiary/aromatic N) is 2. The van der Waals surface area contributed by atoms with E-state index in [2.05, 4.69) is 15.0 Å². The molecule has 2 aromatic heterocycles. The number of aryl methyl sites for hydroxylation is 2. The number of H-pyrrole nitrogens is 1. The third-order valence-electron chi connectivity index (χ3n) is 2.76. The molecule has 0 fully saturated rings. The third-order valence-corrected chi connectivity index (χ3v) is 3.65. The highest BCUT2D eigenvalue weighted by atomic mass is 32.2. The van der Waals surface area contributed by atoms with E-state index >= 15 is 0 Å². The number of aromatic amines is 1. The van der Waals surface area contributed by atoms with Crippen LogP contribution in [0.1, 0.15) is 30.3 Å². The van der Waals surface area contributed by atoms with Gasteiger partial charge >= 0.3 is 0 Å². The first-order valence-electron chi connectivity index (χ1n) is 6.59. The Hall–Kier alpha value is -2.15. The minimum Gasteiger partial charge on any atom is -0.384 e. The van der Waals surface area contributed by atoms with Gasteiger partial charge in [-0.1, -0.05) is 13.3 Å². The van der Waals surface area contributed by atoms with Crippen LogP contribution in [0.5, 0.6) is 0 Å². The molecule has 0 aliphatic carbocycles. The van der Waals surface area contributed by atoms with Crippen molar-refractivity contribution in [2.45, 2.75) is 36.9 Å². The van der Waals surface area contributed by atoms with E-state index in [4.69, 9.17) is 11.1 Å². The molecular weight excluding hydrogens is 286 g/mol. The molecule has 0 aromatic carbocycles. The van der Waals surface area contributed by atoms with Gasteiger partial charge in [0.15, 0.2) is 5.16 Å². The molecule has 110 valence electrons. The van der Waals surface area contributed by atoms with Crippen molar-refractivity contribution in [2.75, 3.05) is 0 Å². The van der Waals surface area contributed by atoms with Crippen LogP contribution in [-0.4, -0.2) is 20.8 Å². The van der Waals surface area contributed by atoms with E-state index < -0.39 is 0 Å². The van der Waals surface area contributed by atoms with Crippen LogP contribution in [0.4, 0.5) is 0 Å². The highest BCUT2D eigenvalue weighted by molar-refractivity contribution is 7.99. The maximum atomic E-state index is 11.7. The van der Waals surface area contributed by atoms with E-state index in [-0.39, 0.29) is 11.4 Å². The highest BCUT2D eigenvalue weighted by Crippen LogP contribution is 2.25. The largest absolute Gasteiger partial charge is 0.384 e. The Morgan fingerprint density at radius 2 is 2.19 bits per heavy atom. The fourth-order valence-corrected chi connectivity index (χ4v) is 2.80. The number of nitrogens with two attached hydrogens (primary N) is 1. The molecule has 4 N–H and O–H groups in total. The maximum absolute atomic E-state index is 11.7. The molecule has 2 aromatic rings. The number of pyridine rings is 1. The zero-order valence-electron chi connectivity index (χ0n) is 11.9. The summed E-state index contributed by atoms with van der Waals surface area (Å²) < 4.78 is 0. The van der Waals surface area contributed by atoms with Gasteiger partial charge in [-0.15, -0.1) is 0 Å². The van der Waals surface area contributed by atoms with Gasteiger partial charge in [0.25, 0.3) is 5.56 Å². The molecule has 0 radical (unpaired) electrons. The molecule has 2 heterocycles. The lowest BCUT2D eigenvalue weighted by molar-refractivity contribution is 0.814. The molecule has 0 saturated carbocycles. The molecule has 6 nitrogen and oxygen atoms in total. The Morgan fingerprint density at radius 3 is 2.86 bits per heavy atom. The van der Waals surface area contributed by atoms with E-state index in [1.54, 1.807) is 12.1 Å². The van der Waals surface area contributed by atoms with Crippen LogP contribution in [0.3, 0.4) is 0 Å². The average Bonchev–Trinajstić information content (AvgIpc) is 2.38. The van der Waals surface area contributed by atoms with Crippen LogP contribution in [0.2, 0.25) is 0 Å². The zero-order chi connectivity index (χ0) is 15.4. The van der Waals surface area contributed by atoms with Crippen molar-refractivity contribution in [1.82, 2.24) is 15.0 Å². The Morgan fingerprint density at radius 1 is 1.43 bits per heavy atom. The lowest BCUT2D eigenvalue weighted by Crippen LogP contribution is -2.14. The van der Waals surface area contributed by atoms with Gasteiger partial charge in [0, 0.05) is 23.0 Å². The number of nitrogen functional groups attached to an aromatic ring is 1. The predicted molar refractivity (Wildman–Crippen MR) is 83.0 cm³/mol. The lowest BCUT2D eigenvalue weighted by atomic mass is 10.2. The zero-order valence-corrected chi connectivity index (χ0v) is 12.8. The minimum absolute atomic E-state index is 0.0583. The Kier molecular flexibility index (Phi) is 4.74. The van der Waals surface area contributed by atoms with Crippen molar-refractivity contribution >= 4 is 17.6 Å². The number of aromatic nitrogens is 3. The minimum atomic E-state index is -0.187. The number of nitrogens with one attached hydrogen (secondary N) is 2. The summed E-state index contributed by atoms with van der Waals surface area (Å²) in [6.45, 7) is 3.89. The second-order valence-electron chi connectivity index (χ2n) is 4.61. The summed E-state index contributed by atoms with van der Waals surface area (Å²) in [5.74, 6) is -0.0583. The van der Waals surface area contributed by atoms with Gasteiger partial charge in [-0.2, -0.15) is 0 Å². The van der Waals surface area contributed by atoms with Crippen LogP contribution in [0.25, 0.3) is 0 Å². The number of rotatable bonds is 5. The number of hydrogen-bond donors (Lipinski definition) is 3. The molecule has 0 aliphatic heterocycles. The second-order valence-corrected chi connectivity index (χ2v) is 5.59. The SMILES string of the molecule is CCCc1cc(=O)[nH]c(Sc2nc(C)ccc2C(=N)N)n1. The van der Waals surface area contributed by atoms with Crippen molar-refractivity contribution < 1.29 is 0 Å². The van der Waals surface area contributed by atoms with Gasteiger partial charge in [0.2, 0.25) is 0 Å². The molecule has 2 rings (SSSR count). The van der Waals surface area contributed by atoms with E-state index in [0.717, 1.165) is 24.2 Å². The van der Waals surface area contributed by atoms with Crippen LogP contribution in [0.15, 0.2) is 33.2 Å². The fraction of sp³-hybridized carbons (Fsp3) is 0.286. The summed E-state index contributed by atoms with van der Waals surface area (Å²) in [7, 11) is 0. The van der Waals surface area contributed by atoms with Crippen molar-refractivity contribution in [3.8, 4) is 0 Å². The van der Waals surface area contributed by atoms with E-state index in [0.29, 0.717) is 15.7 Å². The summed E-state index contributed by atoms with van der Waals surface area (Å²) in [6.07, 6.45) is 1.67. The first kappa shape index (κ1) is 15.2. The van der Waals surface area contributed by atoms with E-state index in [1.807, 2.05) is 13.8 Å². The third kappa shape index (κ3) is 3.91. The molecule has 0 unspecified atom stereocenters. The van der Waals surface area contributed by atoms with Crippen LogP contribution < -0.4 is 11.3 Å². The van der Waals surface area contributed by atoms with Crippen molar-refractivity contribution in [3.63, 3.8) is 0 Å². The van der Waals surface area contributed by atoms with E-state index in [9.17, 15) is 4.79 Å². The predicted octanol–water partition coefficient (Wildman–Crippen LogP) is 1.86. The summed E-state index contributed by atoms with van der Waals surface area (Å²) in [6, 6.07) is 5.05. The van der Waals surface area contributed by atoms with Gasteiger partial charge in [0.1, 0.15) is 10.9 Å². The summed E-state index contributed by atoms with van der Waals surface area (Å²) >= 11 is 1.21. The van der Waals surface area contributed by atoms with Gasteiger partial charge < -0.3 is 10.7 Å². The maximum Gasteiger partial charge on any atom is 0.251 e. The van der Waals surface area contributed by atoms with Crippen LogP contribution >= 0.6 is 11.8 Å². The molecule has 0 spiro atoms. The summed E-state index contributed by atoms with van der Waals surface area (Å²) in [5.41, 5.74) is 7.48. The smallest absolute Gasteiger partial charge is 0.251 e. The van der Waals surface area contributed by atoms with E-state index in [1.165, 1.54) is 17.8 Å². The molecule has 7 heteroatoms. The standard InChI is InChI=1S/C14H17N5OS/c1-3-4-9-7-11(20)19-14(18-9)21-13-10(12(15)16)6-5-8(2)17-13/h5-7H,3-4H2,1-2H3,(H3,15,16)(H,18,19,20). The van der Waals surface area contributed by atoms with Crippen molar-refractivity contribution in [1.29, 1.82) is 5.41 Å². The van der Waals surface area contributed by atoms with Crippen molar-refractivity contribution in [2.24, 2.45) is 5.73 Å². The second kappa shape index (κ2) is 6.53. The fourth-order valence-electron chi connectivity index (χ4n) is 1.82. The molecule has 0 saturated heterocycles. The van der Waals surface area contributed by atoms with Gasteiger partial charge in [0.05, 0.1) is 0 Å². The first-order valence-corrected chi connectivity index (χ1v) is 7.41. The molecule has 0 atom stereocenters. The molecule has 0 bridgehead atoms. The van der Waals surface area contributed by atoms with Crippen LogP contribution in [-0.2, 0) is 6.42 Å². The topological polar surface area (TPSA) is 109 Å². The monoisotopic (exact) mass is 303 g/mol. The molecular formula is C14H17N5OS. The Balaban J connectivity index is 2.40. The molecule has 0 aliphatic rings. The Labute approximate surface area is 126 Å². The quantitative estimate of drug-likeness (QED) is 0.444. The van der Waals surface area contributed by atoms with Gasteiger partial charge in [-0.05, 0) is 37.2 Å². The summed E-state index contributed by atoms with van der Waals surface area (Å²) in [5, 5.41) is 8.63. The average molecular weight is 303 g/mol. The highest BCUT2D eigenvalue weighted by Gasteiger charge is 2.11. The molecule has 21 heavy (non-hydrogen) atoms. The lowest BCUT2D eigenvalue weighted by Gasteiger charge is -2.08. The first-order chi connectivity index (χ1) is 9.99. The van der Waals surface area contributed by atoms with Crippen molar-refractivity contribution in [3.05, 3.63) is 45.5 Å². The van der Waals surface area contributed by atoms with Crippen LogP contribution in [0, 0.1) is 12.3 Å².